The summed E-state index contributed by atoms with van der Waals surface area (Å²) in [4.78, 5) is 15.1. The molecule has 0 N–H and O–H groups in total. The van der Waals surface area contributed by atoms with Crippen molar-refractivity contribution in [1.82, 2.24) is 4.98 Å². The van der Waals surface area contributed by atoms with Gasteiger partial charge in [-0.1, -0.05) is 17.7 Å². The highest BCUT2D eigenvalue weighted by Gasteiger charge is 2.18. The fourth-order valence-corrected chi connectivity index (χ4v) is 2.52. The van der Waals surface area contributed by atoms with E-state index in [0.29, 0.717) is 32.6 Å². The number of ether oxygens (including phenoxy) is 1. The lowest BCUT2D eigenvalue weighted by atomic mass is 10.1. The van der Waals surface area contributed by atoms with Gasteiger partial charge in [-0.2, -0.15) is 0 Å². The van der Waals surface area contributed by atoms with Crippen LogP contribution in [0.4, 0.5) is 5.69 Å². The number of methoxy groups -OCH3 is 1. The van der Waals surface area contributed by atoms with Gasteiger partial charge < -0.3 is 4.74 Å². The monoisotopic (exact) mass is 288 g/mol. The Hall–Kier alpha value is -2.40. The summed E-state index contributed by atoms with van der Waals surface area (Å²) >= 11 is 6.35. The quantitative estimate of drug-likeness (QED) is 0.407. The Morgan fingerprint density at radius 1 is 1.25 bits per heavy atom. The van der Waals surface area contributed by atoms with Gasteiger partial charge in [-0.15, -0.1) is 0 Å². The number of aromatic nitrogens is 1. The van der Waals surface area contributed by atoms with Gasteiger partial charge in [0.05, 0.1) is 33.5 Å². The third-order valence-electron chi connectivity index (χ3n) is 3.12. The average molecular weight is 289 g/mol. The normalized spacial score (nSPS) is 10.9. The Kier molecular flexibility index (Phi) is 2.91. The molecular weight excluding hydrogens is 280 g/mol. The molecule has 100 valence electrons. The number of rotatable bonds is 2. The summed E-state index contributed by atoms with van der Waals surface area (Å²) in [5.74, 6) is 0.624. The maximum Gasteiger partial charge on any atom is 0.280 e. The molecule has 5 nitrogen and oxygen atoms in total. The van der Waals surface area contributed by atoms with Crippen molar-refractivity contribution in [1.29, 1.82) is 0 Å². The van der Waals surface area contributed by atoms with Crippen LogP contribution in [0, 0.1) is 10.1 Å². The van der Waals surface area contributed by atoms with Crippen LogP contribution in [0.15, 0.2) is 36.4 Å². The van der Waals surface area contributed by atoms with Crippen LogP contribution < -0.4 is 4.74 Å². The molecule has 0 spiro atoms. The number of nitrogens with zero attached hydrogens (tertiary/aromatic N) is 2. The largest absolute Gasteiger partial charge is 0.497 e. The molecule has 0 atom stereocenters. The van der Waals surface area contributed by atoms with Gasteiger partial charge >= 0.3 is 0 Å². The Morgan fingerprint density at radius 2 is 2.05 bits per heavy atom. The van der Waals surface area contributed by atoms with Gasteiger partial charge in [0, 0.05) is 11.5 Å². The number of non-ortho nitro benzene ring substituents is 1. The van der Waals surface area contributed by atoms with Crippen LogP contribution in [-0.2, 0) is 0 Å². The molecule has 3 aromatic rings. The summed E-state index contributed by atoms with van der Waals surface area (Å²) < 4.78 is 5.15. The first-order valence-corrected chi connectivity index (χ1v) is 6.20. The van der Waals surface area contributed by atoms with Crippen LogP contribution in [0.1, 0.15) is 0 Å². The Balaban J connectivity index is 2.49. The summed E-state index contributed by atoms with van der Waals surface area (Å²) in [6, 6.07) is 9.99. The van der Waals surface area contributed by atoms with Gasteiger partial charge in [-0.3, -0.25) is 10.1 Å². The molecule has 0 saturated carbocycles. The standard InChI is InChI=1S/C14H9ClN2O3/c1-20-8-5-6-10-9(7-8)14(15)13-11(16-10)3-2-4-12(13)17(18)19/h2-7H,1H3. The third kappa shape index (κ3) is 1.83. The summed E-state index contributed by atoms with van der Waals surface area (Å²) in [6.45, 7) is 0. The predicted molar refractivity (Wildman–Crippen MR) is 77.5 cm³/mol. The van der Waals surface area contributed by atoms with Crippen molar-refractivity contribution in [2.24, 2.45) is 0 Å². The number of hydrogen-bond donors (Lipinski definition) is 0. The first-order chi connectivity index (χ1) is 9.61. The summed E-state index contributed by atoms with van der Waals surface area (Å²) in [6.07, 6.45) is 0. The molecule has 0 amide bonds. The zero-order valence-corrected chi connectivity index (χ0v) is 11.2. The van der Waals surface area contributed by atoms with Crippen LogP contribution in [0.5, 0.6) is 5.75 Å². The summed E-state index contributed by atoms with van der Waals surface area (Å²) in [5, 5.41) is 12.4. The average Bonchev–Trinajstić information content (AvgIpc) is 2.46. The maximum atomic E-state index is 11.1. The molecule has 0 unspecified atom stereocenters. The van der Waals surface area contributed by atoms with Gasteiger partial charge in [-0.05, 0) is 24.3 Å². The molecule has 0 aliphatic rings. The molecule has 20 heavy (non-hydrogen) atoms. The van der Waals surface area contributed by atoms with E-state index in [2.05, 4.69) is 4.98 Å². The minimum atomic E-state index is -0.456. The predicted octanol–water partition coefficient (Wildman–Crippen LogP) is 3.96. The molecule has 0 aliphatic heterocycles. The minimum Gasteiger partial charge on any atom is -0.497 e. The van der Waals surface area contributed by atoms with E-state index in [1.807, 2.05) is 0 Å². The Bertz CT molecular complexity index is 849. The van der Waals surface area contributed by atoms with E-state index < -0.39 is 4.92 Å². The van der Waals surface area contributed by atoms with Gasteiger partial charge in [0.2, 0.25) is 0 Å². The molecule has 0 radical (unpaired) electrons. The van der Waals surface area contributed by atoms with Crippen molar-refractivity contribution in [3.8, 4) is 5.75 Å². The molecule has 2 aromatic carbocycles. The minimum absolute atomic E-state index is 0.0512. The molecule has 0 bridgehead atoms. The van der Waals surface area contributed by atoms with Gasteiger partial charge in [-0.25, -0.2) is 4.98 Å². The maximum absolute atomic E-state index is 11.1. The summed E-state index contributed by atoms with van der Waals surface area (Å²) in [7, 11) is 1.55. The number of nitro groups is 1. The lowest BCUT2D eigenvalue weighted by Gasteiger charge is -2.07. The molecule has 0 fully saturated rings. The van der Waals surface area contributed by atoms with Gasteiger partial charge in [0.1, 0.15) is 5.75 Å². The zero-order chi connectivity index (χ0) is 14.3. The number of fused-ring (bicyclic) bond motifs is 2. The first kappa shape index (κ1) is 12.6. The number of pyridine rings is 1. The summed E-state index contributed by atoms with van der Waals surface area (Å²) in [5.41, 5.74) is 1.12. The van der Waals surface area contributed by atoms with Crippen LogP contribution in [0.25, 0.3) is 21.8 Å². The highest BCUT2D eigenvalue weighted by atomic mass is 35.5. The van der Waals surface area contributed by atoms with Crippen molar-refractivity contribution in [3.05, 3.63) is 51.5 Å². The molecule has 0 aliphatic carbocycles. The van der Waals surface area contributed by atoms with E-state index >= 15 is 0 Å². The second-order valence-electron chi connectivity index (χ2n) is 4.24. The third-order valence-corrected chi connectivity index (χ3v) is 3.51. The van der Waals surface area contributed by atoms with Gasteiger partial charge in [0.25, 0.3) is 5.69 Å². The van der Waals surface area contributed by atoms with Crippen LogP contribution in [0.3, 0.4) is 0 Å². The molecule has 3 rings (SSSR count). The van der Waals surface area contributed by atoms with Crippen molar-refractivity contribution in [3.63, 3.8) is 0 Å². The smallest absolute Gasteiger partial charge is 0.280 e. The lowest BCUT2D eigenvalue weighted by molar-refractivity contribution is -0.383. The number of benzene rings is 2. The van der Waals surface area contributed by atoms with Crippen molar-refractivity contribution in [2.75, 3.05) is 7.11 Å². The fraction of sp³-hybridized carbons (Fsp3) is 0.0714. The van der Waals surface area contributed by atoms with Crippen molar-refractivity contribution >= 4 is 39.1 Å². The van der Waals surface area contributed by atoms with E-state index in [9.17, 15) is 10.1 Å². The van der Waals surface area contributed by atoms with E-state index in [-0.39, 0.29) is 5.69 Å². The van der Waals surface area contributed by atoms with Crippen LogP contribution in [-0.4, -0.2) is 17.0 Å². The van der Waals surface area contributed by atoms with E-state index in [4.69, 9.17) is 16.3 Å². The Labute approximate surface area is 118 Å². The number of hydrogen-bond acceptors (Lipinski definition) is 4. The lowest BCUT2D eigenvalue weighted by Crippen LogP contribution is -1.93. The number of halogens is 1. The zero-order valence-electron chi connectivity index (χ0n) is 10.5. The highest BCUT2D eigenvalue weighted by molar-refractivity contribution is 6.41. The molecule has 6 heteroatoms. The molecule has 0 saturated heterocycles. The fourth-order valence-electron chi connectivity index (χ4n) is 2.18. The van der Waals surface area contributed by atoms with Crippen molar-refractivity contribution in [2.45, 2.75) is 0 Å². The topological polar surface area (TPSA) is 65.3 Å². The molecule has 1 heterocycles. The first-order valence-electron chi connectivity index (χ1n) is 5.82. The second-order valence-corrected chi connectivity index (χ2v) is 4.62. The van der Waals surface area contributed by atoms with E-state index in [0.717, 1.165) is 0 Å². The van der Waals surface area contributed by atoms with Crippen molar-refractivity contribution < 1.29 is 9.66 Å². The molecule has 1 aromatic heterocycles. The Morgan fingerprint density at radius 3 is 2.75 bits per heavy atom. The van der Waals surface area contributed by atoms with Crippen LogP contribution in [0.2, 0.25) is 5.02 Å². The van der Waals surface area contributed by atoms with E-state index in [1.165, 1.54) is 6.07 Å². The van der Waals surface area contributed by atoms with E-state index in [1.54, 1.807) is 37.4 Å². The second kappa shape index (κ2) is 4.61. The highest BCUT2D eigenvalue weighted by Crippen LogP contribution is 2.37. The number of nitro benzene ring substituents is 1. The van der Waals surface area contributed by atoms with Crippen LogP contribution >= 0.6 is 11.6 Å². The molecular formula is C14H9ClN2O3. The SMILES string of the molecule is COc1ccc2nc3cccc([N+](=O)[O-])c3c(Cl)c2c1. The van der Waals surface area contributed by atoms with Gasteiger partial charge in [0.15, 0.2) is 0 Å².